The minimum absolute atomic E-state index is 0. The molecular formula is C21H27BrF2N4O2S2. The third-order valence-corrected chi connectivity index (χ3v) is 5.83. The standard InChI is InChI=1S/C21H23BrF2N4O2.2H2S/c1-11-26-17-9-25-16-8-14(23)13(22)7-12(16)19(17)28(11)18-5-6-27(10-15(18)24)20(29)30-21(2,3)4;;/h7-9,15,18H,5-6,10H2,1-4H3;2*1H2/t15-,18-;;/m0../s1. The number of hydrogen-bond acceptors (Lipinski definition) is 4. The molecule has 2 atom stereocenters. The maximum Gasteiger partial charge on any atom is 0.410 e. The van der Waals surface area contributed by atoms with Gasteiger partial charge in [0.2, 0.25) is 0 Å². The van der Waals surface area contributed by atoms with Gasteiger partial charge < -0.3 is 14.2 Å². The molecule has 3 aromatic rings. The smallest absolute Gasteiger partial charge is 0.410 e. The number of halogens is 3. The van der Waals surface area contributed by atoms with E-state index in [4.69, 9.17) is 4.74 Å². The fourth-order valence-corrected chi connectivity index (χ4v) is 4.31. The zero-order valence-corrected chi connectivity index (χ0v) is 21.8. The number of aromatic nitrogens is 3. The average molecular weight is 550 g/mol. The van der Waals surface area contributed by atoms with Gasteiger partial charge in [0, 0.05) is 18.0 Å². The van der Waals surface area contributed by atoms with Gasteiger partial charge in [0.1, 0.15) is 28.9 Å². The number of ether oxygens (including phenoxy) is 1. The van der Waals surface area contributed by atoms with Crippen molar-refractivity contribution in [3.63, 3.8) is 0 Å². The van der Waals surface area contributed by atoms with Gasteiger partial charge >= 0.3 is 6.09 Å². The van der Waals surface area contributed by atoms with Gasteiger partial charge in [-0.25, -0.2) is 18.6 Å². The van der Waals surface area contributed by atoms with Crippen LogP contribution in [0.1, 0.15) is 39.1 Å². The molecule has 1 aliphatic rings. The zero-order valence-electron chi connectivity index (χ0n) is 18.2. The SMILES string of the molecule is Cc1nc2cnc3cc(F)c(Br)cc3c2n1[C@H]1CCN(C(=O)OC(C)(C)C)C[C@@H]1F.S.S. The van der Waals surface area contributed by atoms with Crippen LogP contribution < -0.4 is 0 Å². The lowest BCUT2D eigenvalue weighted by atomic mass is 10.0. The Balaban J connectivity index is 0.00000181. The number of hydrogen-bond donors (Lipinski definition) is 0. The van der Waals surface area contributed by atoms with Crippen molar-refractivity contribution in [2.75, 3.05) is 13.1 Å². The molecule has 0 aliphatic carbocycles. The topological polar surface area (TPSA) is 60.2 Å². The van der Waals surface area contributed by atoms with E-state index in [9.17, 15) is 9.18 Å². The van der Waals surface area contributed by atoms with E-state index in [1.165, 1.54) is 11.0 Å². The predicted octanol–water partition coefficient (Wildman–Crippen LogP) is 5.54. The van der Waals surface area contributed by atoms with E-state index in [1.54, 1.807) is 33.0 Å². The fraction of sp³-hybridized carbons (Fsp3) is 0.476. The molecule has 1 fully saturated rings. The molecule has 2 aromatic heterocycles. The van der Waals surface area contributed by atoms with E-state index in [0.717, 1.165) is 5.52 Å². The van der Waals surface area contributed by atoms with Crippen molar-refractivity contribution >= 4 is 71.0 Å². The first-order chi connectivity index (χ1) is 14.0. The highest BCUT2D eigenvalue weighted by molar-refractivity contribution is 9.10. The zero-order chi connectivity index (χ0) is 21.8. The highest BCUT2D eigenvalue weighted by atomic mass is 79.9. The fourth-order valence-electron chi connectivity index (χ4n) is 3.97. The monoisotopic (exact) mass is 548 g/mol. The number of likely N-dealkylation sites (tertiary alicyclic amines) is 1. The molecule has 6 nitrogen and oxygen atoms in total. The molecule has 0 N–H and O–H groups in total. The maximum absolute atomic E-state index is 15.3. The third-order valence-electron chi connectivity index (χ3n) is 5.22. The van der Waals surface area contributed by atoms with Crippen molar-refractivity contribution in [1.82, 2.24) is 19.4 Å². The van der Waals surface area contributed by atoms with Gasteiger partial charge in [0.05, 0.1) is 34.3 Å². The third kappa shape index (κ3) is 4.99. The molecule has 1 amide bonds. The molecule has 32 heavy (non-hydrogen) atoms. The first-order valence-electron chi connectivity index (χ1n) is 9.79. The Morgan fingerprint density at radius 1 is 1.25 bits per heavy atom. The summed E-state index contributed by atoms with van der Waals surface area (Å²) in [6.07, 6.45) is 0.190. The summed E-state index contributed by atoms with van der Waals surface area (Å²) in [5.41, 5.74) is 1.19. The number of alkyl halides is 1. The lowest BCUT2D eigenvalue weighted by Gasteiger charge is -2.36. The van der Waals surface area contributed by atoms with Crippen molar-refractivity contribution < 1.29 is 18.3 Å². The number of carbonyl (C=O) groups is 1. The summed E-state index contributed by atoms with van der Waals surface area (Å²) in [4.78, 5) is 22.6. The van der Waals surface area contributed by atoms with E-state index in [2.05, 4.69) is 25.9 Å². The Morgan fingerprint density at radius 2 is 1.94 bits per heavy atom. The van der Waals surface area contributed by atoms with Crippen LogP contribution in [0.25, 0.3) is 21.9 Å². The van der Waals surface area contributed by atoms with Crippen LogP contribution in [0.3, 0.4) is 0 Å². The van der Waals surface area contributed by atoms with Crippen molar-refractivity contribution in [1.29, 1.82) is 0 Å². The maximum atomic E-state index is 15.3. The molecule has 0 saturated carbocycles. The minimum atomic E-state index is -1.30. The Labute approximate surface area is 207 Å². The van der Waals surface area contributed by atoms with E-state index < -0.39 is 29.7 Å². The molecule has 4 rings (SSSR count). The summed E-state index contributed by atoms with van der Waals surface area (Å²) in [5, 5.41) is 0.697. The van der Waals surface area contributed by atoms with Gasteiger partial charge in [0.15, 0.2) is 0 Å². The predicted molar refractivity (Wildman–Crippen MR) is 135 cm³/mol. The van der Waals surface area contributed by atoms with Crippen molar-refractivity contribution in [2.24, 2.45) is 0 Å². The minimum Gasteiger partial charge on any atom is -0.444 e. The number of pyridine rings is 1. The van der Waals surface area contributed by atoms with E-state index in [1.807, 2.05) is 11.5 Å². The number of imidazole rings is 1. The van der Waals surface area contributed by atoms with Gasteiger partial charge in [-0.15, -0.1) is 0 Å². The molecule has 0 radical (unpaired) electrons. The van der Waals surface area contributed by atoms with Crippen LogP contribution >= 0.6 is 42.9 Å². The summed E-state index contributed by atoms with van der Waals surface area (Å²) >= 11 is 3.22. The molecule has 1 aliphatic heterocycles. The second-order valence-corrected chi connectivity index (χ2v) is 9.46. The number of aryl methyl sites for hydroxylation is 1. The number of benzene rings is 1. The molecule has 0 bridgehead atoms. The van der Waals surface area contributed by atoms with Crippen molar-refractivity contribution in [3.05, 3.63) is 34.4 Å². The van der Waals surface area contributed by atoms with Gasteiger partial charge in [-0.05, 0) is 56.1 Å². The van der Waals surface area contributed by atoms with Crippen molar-refractivity contribution in [2.45, 2.75) is 51.9 Å². The first kappa shape index (κ1) is 26.7. The number of carbonyl (C=O) groups excluding carboxylic acids is 1. The number of piperidine rings is 1. The molecule has 1 saturated heterocycles. The lowest BCUT2D eigenvalue weighted by molar-refractivity contribution is 0.00694. The van der Waals surface area contributed by atoms with Crippen LogP contribution in [0.5, 0.6) is 0 Å². The van der Waals surface area contributed by atoms with E-state index in [-0.39, 0.29) is 33.5 Å². The van der Waals surface area contributed by atoms with Gasteiger partial charge in [0.25, 0.3) is 0 Å². The second kappa shape index (κ2) is 9.72. The van der Waals surface area contributed by atoms with E-state index in [0.29, 0.717) is 39.7 Å². The Bertz CT molecular complexity index is 1150. The van der Waals surface area contributed by atoms with Gasteiger partial charge in [-0.2, -0.15) is 27.0 Å². The normalized spacial score (nSPS) is 18.9. The quantitative estimate of drug-likeness (QED) is 0.400. The molecule has 11 heteroatoms. The molecule has 0 spiro atoms. The van der Waals surface area contributed by atoms with Crippen LogP contribution in [0.15, 0.2) is 22.8 Å². The number of amides is 1. The largest absolute Gasteiger partial charge is 0.444 e. The Hall–Kier alpha value is -1.59. The number of nitrogens with zero attached hydrogens (tertiary/aromatic N) is 4. The first-order valence-corrected chi connectivity index (χ1v) is 10.6. The summed E-state index contributed by atoms with van der Waals surface area (Å²) in [6, 6.07) is 2.51. The molecule has 176 valence electrons. The van der Waals surface area contributed by atoms with Crippen molar-refractivity contribution in [3.8, 4) is 0 Å². The molecular weight excluding hydrogens is 522 g/mol. The number of rotatable bonds is 1. The highest BCUT2D eigenvalue weighted by Crippen LogP contribution is 2.35. The summed E-state index contributed by atoms with van der Waals surface area (Å²) in [6.45, 7) is 7.49. The van der Waals surface area contributed by atoms with Crippen LogP contribution in [0.2, 0.25) is 0 Å². The average Bonchev–Trinajstić information content (AvgIpc) is 2.97. The summed E-state index contributed by atoms with van der Waals surface area (Å²) in [7, 11) is 0. The highest BCUT2D eigenvalue weighted by Gasteiger charge is 2.36. The number of fused-ring (bicyclic) bond motifs is 3. The Kier molecular flexibility index (Phi) is 8.10. The van der Waals surface area contributed by atoms with Gasteiger partial charge in [-0.3, -0.25) is 4.98 Å². The summed E-state index contributed by atoms with van der Waals surface area (Å²) < 4.78 is 36.9. The molecule has 1 aromatic carbocycles. The van der Waals surface area contributed by atoms with Crippen LogP contribution in [0.4, 0.5) is 13.6 Å². The van der Waals surface area contributed by atoms with Crippen LogP contribution in [-0.4, -0.2) is 50.4 Å². The lowest BCUT2D eigenvalue weighted by Crippen LogP contribution is -2.47. The van der Waals surface area contributed by atoms with E-state index >= 15 is 4.39 Å². The molecule has 3 heterocycles. The second-order valence-electron chi connectivity index (χ2n) is 8.60. The van der Waals surface area contributed by atoms with Crippen LogP contribution in [0, 0.1) is 12.7 Å². The van der Waals surface area contributed by atoms with Crippen LogP contribution in [-0.2, 0) is 4.74 Å². The Morgan fingerprint density at radius 3 is 2.56 bits per heavy atom. The summed E-state index contributed by atoms with van der Waals surface area (Å²) in [5.74, 6) is 0.240. The molecule has 0 unspecified atom stereocenters. The van der Waals surface area contributed by atoms with Gasteiger partial charge in [-0.1, -0.05) is 0 Å².